The first-order chi connectivity index (χ1) is 11.6. The highest BCUT2D eigenvalue weighted by molar-refractivity contribution is 6.31. The van der Waals surface area contributed by atoms with Crippen molar-refractivity contribution in [1.29, 1.82) is 0 Å². The van der Waals surface area contributed by atoms with E-state index in [2.05, 4.69) is 22.4 Å². The number of carbonyl (C=O) groups is 1. The average Bonchev–Trinajstić information content (AvgIpc) is 2.97. The molecule has 0 saturated carbocycles. The Morgan fingerprint density at radius 2 is 2.21 bits per heavy atom. The number of carbonyl (C=O) groups excluding carboxylic acids is 1. The summed E-state index contributed by atoms with van der Waals surface area (Å²) in [7, 11) is 1.34. The fourth-order valence-electron chi connectivity index (χ4n) is 2.49. The number of hydrogen-bond acceptors (Lipinski definition) is 5. The average molecular weight is 351 g/mol. The molecule has 2 aromatic rings. The third-order valence-electron chi connectivity index (χ3n) is 3.77. The number of rotatable bonds is 8. The van der Waals surface area contributed by atoms with Crippen LogP contribution in [0.3, 0.4) is 0 Å². The standard InChI is InChI=1S/C17H23ClN4O2/c1-3-6-12(19)10-20-16-13(15(21-22-16)17(23)24-2)9-11-7-4-5-8-14(11)18/h4-5,7-8,12H,3,6,9-10,19H2,1-2H3,(H2,20,21,22)/t12-/m1/s1. The van der Waals surface area contributed by atoms with Gasteiger partial charge >= 0.3 is 5.97 Å². The maximum atomic E-state index is 12.0. The summed E-state index contributed by atoms with van der Waals surface area (Å²) in [5, 5.41) is 10.8. The molecule has 0 saturated heterocycles. The van der Waals surface area contributed by atoms with E-state index in [-0.39, 0.29) is 6.04 Å². The molecule has 1 heterocycles. The fourth-order valence-corrected chi connectivity index (χ4v) is 2.69. The monoisotopic (exact) mass is 350 g/mol. The molecule has 24 heavy (non-hydrogen) atoms. The predicted octanol–water partition coefficient (Wildman–Crippen LogP) is 2.98. The third-order valence-corrected chi connectivity index (χ3v) is 4.14. The molecule has 0 aliphatic heterocycles. The van der Waals surface area contributed by atoms with Crippen molar-refractivity contribution in [3.8, 4) is 0 Å². The fraction of sp³-hybridized carbons (Fsp3) is 0.412. The van der Waals surface area contributed by atoms with E-state index < -0.39 is 5.97 Å². The van der Waals surface area contributed by atoms with Crippen LogP contribution >= 0.6 is 11.6 Å². The molecule has 4 N–H and O–H groups in total. The normalized spacial score (nSPS) is 12.0. The number of benzene rings is 1. The molecule has 0 amide bonds. The smallest absolute Gasteiger partial charge is 0.356 e. The molecule has 1 aromatic carbocycles. The van der Waals surface area contributed by atoms with Crippen LogP contribution in [0.25, 0.3) is 0 Å². The Hall–Kier alpha value is -2.05. The van der Waals surface area contributed by atoms with Gasteiger partial charge in [0.25, 0.3) is 0 Å². The van der Waals surface area contributed by atoms with Crippen LogP contribution in [-0.2, 0) is 11.2 Å². The number of hydrogen-bond donors (Lipinski definition) is 3. The molecule has 0 aliphatic rings. The van der Waals surface area contributed by atoms with Gasteiger partial charge in [0.1, 0.15) is 5.69 Å². The van der Waals surface area contributed by atoms with Crippen molar-refractivity contribution in [2.45, 2.75) is 32.2 Å². The minimum absolute atomic E-state index is 0.0291. The van der Waals surface area contributed by atoms with E-state index in [0.717, 1.165) is 24.0 Å². The summed E-state index contributed by atoms with van der Waals surface area (Å²) in [6.45, 7) is 2.67. The Morgan fingerprint density at radius 1 is 1.46 bits per heavy atom. The van der Waals surface area contributed by atoms with Crippen LogP contribution < -0.4 is 11.1 Å². The van der Waals surface area contributed by atoms with Crippen molar-refractivity contribution in [2.75, 3.05) is 19.0 Å². The van der Waals surface area contributed by atoms with E-state index in [9.17, 15) is 4.79 Å². The van der Waals surface area contributed by atoms with Gasteiger partial charge in [0.2, 0.25) is 0 Å². The number of halogens is 1. The van der Waals surface area contributed by atoms with Crippen molar-refractivity contribution in [2.24, 2.45) is 5.73 Å². The highest BCUT2D eigenvalue weighted by atomic mass is 35.5. The molecule has 0 unspecified atom stereocenters. The van der Waals surface area contributed by atoms with Crippen LogP contribution in [0, 0.1) is 0 Å². The Balaban J connectivity index is 2.26. The molecule has 0 spiro atoms. The second kappa shape index (κ2) is 8.70. The summed E-state index contributed by atoms with van der Waals surface area (Å²) in [5.41, 5.74) is 7.99. The minimum Gasteiger partial charge on any atom is -0.464 e. The van der Waals surface area contributed by atoms with Crippen LogP contribution in [0.4, 0.5) is 5.82 Å². The first-order valence-corrected chi connectivity index (χ1v) is 8.33. The van der Waals surface area contributed by atoms with E-state index in [1.165, 1.54) is 7.11 Å². The number of methoxy groups -OCH3 is 1. The van der Waals surface area contributed by atoms with E-state index in [0.29, 0.717) is 29.5 Å². The lowest BCUT2D eigenvalue weighted by atomic mass is 10.0. The summed E-state index contributed by atoms with van der Waals surface area (Å²) in [4.78, 5) is 12.0. The number of anilines is 1. The molecule has 1 atom stereocenters. The quantitative estimate of drug-likeness (QED) is 0.636. The topological polar surface area (TPSA) is 93.0 Å². The van der Waals surface area contributed by atoms with Crippen molar-refractivity contribution >= 4 is 23.4 Å². The molecule has 0 fully saturated rings. The SMILES string of the molecule is CCC[C@@H](N)CNc1n[nH]c(C(=O)OC)c1Cc1ccccc1Cl. The number of nitrogens with two attached hydrogens (primary N) is 1. The van der Waals surface area contributed by atoms with Gasteiger partial charge in [-0.1, -0.05) is 43.1 Å². The van der Waals surface area contributed by atoms with E-state index in [4.69, 9.17) is 22.1 Å². The Bertz CT molecular complexity index is 687. The second-order valence-corrected chi connectivity index (χ2v) is 6.02. The first-order valence-electron chi connectivity index (χ1n) is 7.95. The Labute approximate surface area is 146 Å². The number of esters is 1. The summed E-state index contributed by atoms with van der Waals surface area (Å²) in [5.74, 6) is 0.136. The molecule has 6 nitrogen and oxygen atoms in total. The zero-order chi connectivity index (χ0) is 17.5. The van der Waals surface area contributed by atoms with Gasteiger partial charge in [0.05, 0.1) is 7.11 Å². The Morgan fingerprint density at radius 3 is 2.88 bits per heavy atom. The highest BCUT2D eigenvalue weighted by Gasteiger charge is 2.21. The predicted molar refractivity (Wildman–Crippen MR) is 95.6 cm³/mol. The molecule has 0 aliphatic carbocycles. The van der Waals surface area contributed by atoms with E-state index in [1.54, 1.807) is 0 Å². The maximum Gasteiger partial charge on any atom is 0.356 e. The van der Waals surface area contributed by atoms with Crippen molar-refractivity contribution in [3.63, 3.8) is 0 Å². The summed E-state index contributed by atoms with van der Waals surface area (Å²) in [6.07, 6.45) is 2.40. The molecular weight excluding hydrogens is 328 g/mol. The third kappa shape index (κ3) is 4.49. The molecule has 0 bridgehead atoms. The molecule has 0 radical (unpaired) electrons. The molecular formula is C17H23ClN4O2. The molecule has 2 rings (SSSR count). The zero-order valence-electron chi connectivity index (χ0n) is 13.9. The number of H-pyrrole nitrogens is 1. The number of aromatic nitrogens is 2. The van der Waals surface area contributed by atoms with Gasteiger partial charge in [-0.25, -0.2) is 4.79 Å². The van der Waals surface area contributed by atoms with Gasteiger partial charge < -0.3 is 15.8 Å². The molecule has 7 heteroatoms. The van der Waals surface area contributed by atoms with Gasteiger partial charge in [0.15, 0.2) is 5.82 Å². The lowest BCUT2D eigenvalue weighted by Gasteiger charge is -2.13. The van der Waals surface area contributed by atoms with E-state index in [1.807, 2.05) is 24.3 Å². The highest BCUT2D eigenvalue weighted by Crippen LogP contribution is 2.25. The number of nitrogens with one attached hydrogen (secondary N) is 2. The van der Waals surface area contributed by atoms with Crippen LogP contribution in [0.5, 0.6) is 0 Å². The van der Waals surface area contributed by atoms with E-state index >= 15 is 0 Å². The summed E-state index contributed by atoms with van der Waals surface area (Å²) >= 11 is 6.24. The first kappa shape index (κ1) is 18.3. The largest absolute Gasteiger partial charge is 0.464 e. The van der Waals surface area contributed by atoms with Crippen molar-refractivity contribution in [1.82, 2.24) is 10.2 Å². The van der Waals surface area contributed by atoms with Gasteiger partial charge in [0, 0.05) is 29.6 Å². The van der Waals surface area contributed by atoms with Crippen LogP contribution in [0.2, 0.25) is 5.02 Å². The number of ether oxygens (including phenoxy) is 1. The van der Waals surface area contributed by atoms with Gasteiger partial charge in [-0.3, -0.25) is 5.10 Å². The number of nitrogens with zero attached hydrogens (tertiary/aromatic N) is 1. The second-order valence-electron chi connectivity index (χ2n) is 5.62. The summed E-state index contributed by atoms with van der Waals surface area (Å²) < 4.78 is 4.83. The van der Waals surface area contributed by atoms with Crippen LogP contribution in [0.1, 0.15) is 41.4 Å². The molecule has 1 aromatic heterocycles. The minimum atomic E-state index is -0.463. The number of aromatic amines is 1. The van der Waals surface area contributed by atoms with Gasteiger partial charge in [-0.15, -0.1) is 0 Å². The lowest BCUT2D eigenvalue weighted by molar-refractivity contribution is 0.0593. The lowest BCUT2D eigenvalue weighted by Crippen LogP contribution is -2.29. The summed E-state index contributed by atoms with van der Waals surface area (Å²) in [6, 6.07) is 7.54. The maximum absolute atomic E-state index is 12.0. The molecule has 130 valence electrons. The van der Waals surface area contributed by atoms with Gasteiger partial charge in [-0.2, -0.15) is 5.10 Å². The van der Waals surface area contributed by atoms with Crippen LogP contribution in [0.15, 0.2) is 24.3 Å². The zero-order valence-corrected chi connectivity index (χ0v) is 14.7. The van der Waals surface area contributed by atoms with Gasteiger partial charge in [-0.05, 0) is 18.1 Å². The van der Waals surface area contributed by atoms with Crippen molar-refractivity contribution < 1.29 is 9.53 Å². The van der Waals surface area contributed by atoms with Crippen molar-refractivity contribution in [3.05, 3.63) is 46.1 Å². The Kier molecular flexibility index (Phi) is 6.63. The van der Waals surface area contributed by atoms with Crippen LogP contribution in [-0.4, -0.2) is 35.9 Å².